The zero-order chi connectivity index (χ0) is 22.4. The molecule has 0 bridgehead atoms. The second-order valence-corrected chi connectivity index (χ2v) is 7.75. The lowest BCUT2D eigenvalue weighted by molar-refractivity contribution is -0.122. The third kappa shape index (κ3) is 5.11. The Hall–Kier alpha value is -3.63. The molecule has 0 aliphatic rings. The highest BCUT2D eigenvalue weighted by Gasteiger charge is 2.24. The standard InChI is InChI=1S/C24H22N2O4S/c1-4-29-24(28)21-15(2)20(14-25)23(31-21)26-22(27)16(3)30-19-12-10-18(11-13-19)17-8-6-5-7-9-17/h5-13,16H,4H2,1-3H3,(H,26,27). The van der Waals surface area contributed by atoms with Crippen LogP contribution in [-0.4, -0.2) is 24.6 Å². The highest BCUT2D eigenvalue weighted by molar-refractivity contribution is 7.18. The van der Waals surface area contributed by atoms with Crippen LogP contribution in [-0.2, 0) is 9.53 Å². The molecular weight excluding hydrogens is 412 g/mol. The summed E-state index contributed by atoms with van der Waals surface area (Å²) in [6, 6.07) is 19.5. The molecule has 2 aromatic carbocycles. The molecular formula is C24H22N2O4S. The van der Waals surface area contributed by atoms with Crippen LogP contribution in [0.5, 0.6) is 5.75 Å². The average molecular weight is 435 g/mol. The van der Waals surface area contributed by atoms with Gasteiger partial charge < -0.3 is 14.8 Å². The van der Waals surface area contributed by atoms with Crippen molar-refractivity contribution in [2.75, 3.05) is 11.9 Å². The highest BCUT2D eigenvalue weighted by atomic mass is 32.1. The molecule has 31 heavy (non-hydrogen) atoms. The van der Waals surface area contributed by atoms with Crippen molar-refractivity contribution in [2.45, 2.75) is 26.9 Å². The van der Waals surface area contributed by atoms with Crippen LogP contribution in [0, 0.1) is 18.3 Å². The number of hydrogen-bond acceptors (Lipinski definition) is 6. The van der Waals surface area contributed by atoms with Gasteiger partial charge in [0.05, 0.1) is 12.2 Å². The summed E-state index contributed by atoms with van der Waals surface area (Å²) in [7, 11) is 0. The van der Waals surface area contributed by atoms with E-state index < -0.39 is 18.0 Å². The fraction of sp³-hybridized carbons (Fsp3) is 0.208. The molecule has 1 atom stereocenters. The van der Waals surface area contributed by atoms with Crippen molar-refractivity contribution in [3.8, 4) is 22.9 Å². The van der Waals surface area contributed by atoms with Crippen molar-refractivity contribution in [2.24, 2.45) is 0 Å². The van der Waals surface area contributed by atoms with E-state index in [-0.39, 0.29) is 12.2 Å². The quantitative estimate of drug-likeness (QED) is 0.518. The molecule has 3 aromatic rings. The fourth-order valence-electron chi connectivity index (χ4n) is 2.96. The van der Waals surface area contributed by atoms with Gasteiger partial charge in [-0.25, -0.2) is 4.79 Å². The number of hydrogen-bond donors (Lipinski definition) is 1. The number of nitriles is 1. The van der Waals surface area contributed by atoms with Gasteiger partial charge >= 0.3 is 5.97 Å². The molecule has 0 saturated carbocycles. The van der Waals surface area contributed by atoms with E-state index in [1.54, 1.807) is 32.9 Å². The Bertz CT molecular complexity index is 1110. The van der Waals surface area contributed by atoms with Crippen molar-refractivity contribution in [1.82, 2.24) is 0 Å². The molecule has 1 N–H and O–H groups in total. The number of carbonyl (C=O) groups is 2. The summed E-state index contributed by atoms with van der Waals surface area (Å²) in [4.78, 5) is 25.0. The van der Waals surface area contributed by atoms with Crippen molar-refractivity contribution in [3.63, 3.8) is 0 Å². The van der Waals surface area contributed by atoms with Gasteiger partial charge in [-0.1, -0.05) is 42.5 Å². The molecule has 1 unspecified atom stereocenters. The lowest BCUT2D eigenvalue weighted by atomic mass is 10.1. The van der Waals surface area contributed by atoms with E-state index >= 15 is 0 Å². The SMILES string of the molecule is CCOC(=O)c1sc(NC(=O)C(C)Oc2ccc(-c3ccccc3)cc2)c(C#N)c1C. The van der Waals surface area contributed by atoms with Crippen molar-refractivity contribution in [1.29, 1.82) is 5.26 Å². The first-order chi connectivity index (χ1) is 14.9. The number of nitrogens with zero attached hydrogens (tertiary/aromatic N) is 1. The molecule has 0 fully saturated rings. The summed E-state index contributed by atoms with van der Waals surface area (Å²) in [5.41, 5.74) is 2.88. The largest absolute Gasteiger partial charge is 0.481 e. The zero-order valence-electron chi connectivity index (χ0n) is 17.5. The van der Waals surface area contributed by atoms with E-state index in [4.69, 9.17) is 9.47 Å². The fourth-order valence-corrected chi connectivity index (χ4v) is 4.01. The molecule has 0 spiro atoms. The van der Waals surface area contributed by atoms with Crippen molar-refractivity contribution < 1.29 is 19.1 Å². The van der Waals surface area contributed by atoms with Gasteiger partial charge in [-0.15, -0.1) is 11.3 Å². The van der Waals surface area contributed by atoms with Gasteiger partial charge in [-0.3, -0.25) is 4.79 Å². The smallest absolute Gasteiger partial charge is 0.348 e. The van der Waals surface area contributed by atoms with Crippen LogP contribution in [0.4, 0.5) is 5.00 Å². The van der Waals surface area contributed by atoms with E-state index in [1.807, 2.05) is 48.5 Å². The van der Waals surface area contributed by atoms with Gasteiger partial charge in [-0.05, 0) is 49.6 Å². The summed E-state index contributed by atoms with van der Waals surface area (Å²) in [6.07, 6.45) is -0.803. The molecule has 1 heterocycles. The normalized spacial score (nSPS) is 11.3. The van der Waals surface area contributed by atoms with Crippen LogP contribution >= 0.6 is 11.3 Å². The Kier molecular flexibility index (Phi) is 7.06. The first-order valence-electron chi connectivity index (χ1n) is 9.78. The summed E-state index contributed by atoms with van der Waals surface area (Å²) in [5.74, 6) is -0.373. The monoisotopic (exact) mass is 434 g/mol. The molecule has 0 radical (unpaired) electrons. The van der Waals surface area contributed by atoms with Crippen LogP contribution < -0.4 is 10.1 Å². The Morgan fingerprint density at radius 1 is 1.10 bits per heavy atom. The summed E-state index contributed by atoms with van der Waals surface area (Å²) in [6.45, 7) is 5.22. The average Bonchev–Trinajstić information content (AvgIpc) is 3.10. The summed E-state index contributed by atoms with van der Waals surface area (Å²) >= 11 is 1.03. The van der Waals surface area contributed by atoms with Gasteiger partial charge in [-0.2, -0.15) is 5.26 Å². The van der Waals surface area contributed by atoms with E-state index in [9.17, 15) is 14.9 Å². The first kappa shape index (κ1) is 22.1. The Morgan fingerprint density at radius 2 is 1.74 bits per heavy atom. The number of ether oxygens (including phenoxy) is 2. The molecule has 158 valence electrons. The van der Waals surface area contributed by atoms with Gasteiger partial charge in [0.15, 0.2) is 6.10 Å². The van der Waals surface area contributed by atoms with E-state index in [2.05, 4.69) is 5.32 Å². The summed E-state index contributed by atoms with van der Waals surface area (Å²) < 4.78 is 10.8. The molecule has 6 nitrogen and oxygen atoms in total. The predicted octanol–water partition coefficient (Wildman–Crippen LogP) is 5.18. The Balaban J connectivity index is 1.69. The van der Waals surface area contributed by atoms with Gasteiger partial charge in [0.25, 0.3) is 5.91 Å². The third-order valence-electron chi connectivity index (χ3n) is 4.60. The number of benzene rings is 2. The number of amides is 1. The first-order valence-corrected chi connectivity index (χ1v) is 10.6. The molecule has 0 aliphatic carbocycles. The topological polar surface area (TPSA) is 88.4 Å². The Morgan fingerprint density at radius 3 is 2.35 bits per heavy atom. The van der Waals surface area contributed by atoms with Gasteiger partial charge in [0.1, 0.15) is 21.7 Å². The van der Waals surface area contributed by atoms with E-state index in [0.717, 1.165) is 22.5 Å². The number of nitrogens with one attached hydrogen (secondary N) is 1. The van der Waals surface area contributed by atoms with Crippen molar-refractivity contribution in [3.05, 3.63) is 70.6 Å². The van der Waals surface area contributed by atoms with Crippen LogP contribution in [0.15, 0.2) is 54.6 Å². The van der Waals surface area contributed by atoms with Crippen LogP contribution in [0.25, 0.3) is 11.1 Å². The minimum atomic E-state index is -0.803. The maximum absolute atomic E-state index is 12.6. The number of rotatable bonds is 7. The van der Waals surface area contributed by atoms with Crippen LogP contribution in [0.1, 0.15) is 34.6 Å². The molecule has 0 saturated heterocycles. The predicted molar refractivity (Wildman–Crippen MR) is 120 cm³/mol. The minimum Gasteiger partial charge on any atom is -0.481 e. The Labute approximate surface area is 185 Å². The number of carbonyl (C=O) groups excluding carboxylic acids is 2. The van der Waals surface area contributed by atoms with Crippen LogP contribution in [0.2, 0.25) is 0 Å². The van der Waals surface area contributed by atoms with E-state index in [1.165, 1.54) is 0 Å². The molecule has 3 rings (SSSR count). The lowest BCUT2D eigenvalue weighted by Crippen LogP contribution is -2.30. The third-order valence-corrected chi connectivity index (χ3v) is 5.79. The molecule has 1 amide bonds. The van der Waals surface area contributed by atoms with E-state index in [0.29, 0.717) is 21.2 Å². The zero-order valence-corrected chi connectivity index (χ0v) is 18.3. The summed E-state index contributed by atoms with van der Waals surface area (Å²) in [5, 5.41) is 12.5. The number of esters is 1. The number of anilines is 1. The molecule has 1 aromatic heterocycles. The minimum absolute atomic E-state index is 0.230. The maximum atomic E-state index is 12.6. The lowest BCUT2D eigenvalue weighted by Gasteiger charge is -2.14. The van der Waals surface area contributed by atoms with Crippen LogP contribution in [0.3, 0.4) is 0 Å². The molecule has 0 aliphatic heterocycles. The van der Waals surface area contributed by atoms with Crippen molar-refractivity contribution >= 4 is 28.2 Å². The second-order valence-electron chi connectivity index (χ2n) is 6.73. The second kappa shape index (κ2) is 9.92. The highest BCUT2D eigenvalue weighted by Crippen LogP contribution is 2.33. The molecule has 7 heteroatoms. The maximum Gasteiger partial charge on any atom is 0.348 e. The van der Waals surface area contributed by atoms with Gasteiger partial charge in [0, 0.05) is 0 Å². The van der Waals surface area contributed by atoms with Gasteiger partial charge in [0.2, 0.25) is 0 Å². The number of thiophene rings is 1.